The average Bonchev–Trinajstić information content (AvgIpc) is 3.23. The number of hydrogen-bond donors (Lipinski definition) is 0. The van der Waals surface area contributed by atoms with Gasteiger partial charge in [0.25, 0.3) is 0 Å². The fourth-order valence-electron chi connectivity index (χ4n) is 7.77. The van der Waals surface area contributed by atoms with Crippen molar-refractivity contribution >= 4 is 11.9 Å². The van der Waals surface area contributed by atoms with E-state index in [4.69, 9.17) is 61.6 Å². The Kier molecular flexibility index (Phi) is 12.4. The summed E-state index contributed by atoms with van der Waals surface area (Å²) in [6.45, 7) is 2.66. The molecule has 0 amide bonds. The van der Waals surface area contributed by atoms with E-state index in [-0.39, 0.29) is 6.42 Å². The Bertz CT molecular complexity index is 2110. The second kappa shape index (κ2) is 17.4. The van der Waals surface area contributed by atoms with Crippen LogP contribution >= 0.6 is 0 Å². The maximum absolute atomic E-state index is 13.1. The SMILES string of the molecule is COc1ccc2c(c1)O[C@H](c1cc(OC)c(OC)c(OC)c1)[C@@H](OC(C)=O)[C@@H]2c1c(OC)cc2c(c1OC)C[C@H](OC(C)=O)[C@@H](c1cc(OC)c(OC)c(OC)c1)O2. The van der Waals surface area contributed by atoms with Crippen LogP contribution in [0, 0.1) is 0 Å². The predicted molar refractivity (Wildman–Crippen MR) is 208 cm³/mol. The zero-order valence-corrected chi connectivity index (χ0v) is 34.3. The number of rotatable bonds is 14. The van der Waals surface area contributed by atoms with Gasteiger partial charge in [-0.3, -0.25) is 9.59 Å². The number of benzene rings is 4. The van der Waals surface area contributed by atoms with E-state index in [1.165, 1.54) is 70.7 Å². The first-order valence-corrected chi connectivity index (χ1v) is 18.2. The number of methoxy groups -OCH3 is 9. The van der Waals surface area contributed by atoms with E-state index in [1.54, 1.807) is 49.6 Å². The van der Waals surface area contributed by atoms with Gasteiger partial charge in [-0.05, 0) is 30.3 Å². The molecule has 0 aromatic heterocycles. The zero-order valence-electron chi connectivity index (χ0n) is 34.3. The Morgan fingerprint density at radius 1 is 0.534 bits per heavy atom. The molecule has 4 aromatic carbocycles. The summed E-state index contributed by atoms with van der Waals surface area (Å²) < 4.78 is 77.5. The van der Waals surface area contributed by atoms with Gasteiger partial charge in [0.05, 0.1) is 69.9 Å². The van der Waals surface area contributed by atoms with Crippen LogP contribution in [-0.4, -0.2) is 88.1 Å². The molecule has 6 rings (SSSR count). The lowest BCUT2D eigenvalue weighted by molar-refractivity contribution is -0.154. The molecule has 0 aliphatic carbocycles. The first-order valence-electron chi connectivity index (χ1n) is 18.2. The summed E-state index contributed by atoms with van der Waals surface area (Å²) in [6, 6.07) is 14.1. The van der Waals surface area contributed by atoms with E-state index >= 15 is 0 Å². The summed E-state index contributed by atoms with van der Waals surface area (Å²) in [5, 5.41) is 0. The molecule has 0 radical (unpaired) electrons. The van der Waals surface area contributed by atoms with Crippen LogP contribution in [0.2, 0.25) is 0 Å². The number of fused-ring (bicyclic) bond motifs is 2. The molecular weight excluding hydrogens is 756 g/mol. The van der Waals surface area contributed by atoms with Crippen LogP contribution in [0.3, 0.4) is 0 Å². The zero-order chi connectivity index (χ0) is 41.8. The fraction of sp³-hybridized carbons (Fsp3) is 0.395. The van der Waals surface area contributed by atoms with Gasteiger partial charge < -0.3 is 61.6 Å². The number of esters is 2. The third kappa shape index (κ3) is 7.55. The average molecular weight is 805 g/mol. The van der Waals surface area contributed by atoms with Crippen LogP contribution in [0.5, 0.6) is 63.2 Å². The molecule has 15 nitrogen and oxygen atoms in total. The number of hydrogen-bond acceptors (Lipinski definition) is 15. The Morgan fingerprint density at radius 2 is 1.03 bits per heavy atom. The Morgan fingerprint density at radius 3 is 1.50 bits per heavy atom. The van der Waals surface area contributed by atoms with Gasteiger partial charge in [-0.25, -0.2) is 0 Å². The van der Waals surface area contributed by atoms with Gasteiger partial charge in [0.1, 0.15) is 34.9 Å². The topological polar surface area (TPSA) is 154 Å². The molecule has 0 saturated carbocycles. The van der Waals surface area contributed by atoms with Crippen molar-refractivity contribution < 1.29 is 71.2 Å². The molecule has 5 atom stereocenters. The normalized spacial score (nSPS) is 19.1. The van der Waals surface area contributed by atoms with Crippen molar-refractivity contribution in [3.63, 3.8) is 0 Å². The van der Waals surface area contributed by atoms with Crippen molar-refractivity contribution in [3.8, 4) is 63.2 Å². The van der Waals surface area contributed by atoms with Crippen molar-refractivity contribution in [2.45, 2.75) is 50.6 Å². The molecule has 0 unspecified atom stereocenters. The van der Waals surface area contributed by atoms with Gasteiger partial charge in [0, 0.05) is 60.2 Å². The second-order valence-electron chi connectivity index (χ2n) is 13.3. The van der Waals surface area contributed by atoms with Crippen LogP contribution in [-0.2, 0) is 25.5 Å². The third-order valence-corrected chi connectivity index (χ3v) is 10.2. The molecule has 0 N–H and O–H groups in total. The maximum atomic E-state index is 13.1. The lowest BCUT2D eigenvalue weighted by Gasteiger charge is -2.41. The molecule has 2 heterocycles. The molecule has 0 saturated heterocycles. The summed E-state index contributed by atoms with van der Waals surface area (Å²) in [5.74, 6) is 2.56. The lowest BCUT2D eigenvalue weighted by Crippen LogP contribution is -2.39. The molecule has 0 fully saturated rings. The number of ether oxygens (including phenoxy) is 13. The monoisotopic (exact) mass is 804 g/mol. The minimum absolute atomic E-state index is 0.156. The van der Waals surface area contributed by atoms with E-state index < -0.39 is 42.3 Å². The van der Waals surface area contributed by atoms with Crippen molar-refractivity contribution in [2.75, 3.05) is 64.0 Å². The minimum atomic E-state index is -1.03. The number of carbonyl (C=O) groups is 2. The quantitative estimate of drug-likeness (QED) is 0.126. The molecule has 4 aromatic rings. The molecule has 0 bridgehead atoms. The van der Waals surface area contributed by atoms with Gasteiger partial charge in [0.15, 0.2) is 41.3 Å². The van der Waals surface area contributed by atoms with Crippen molar-refractivity contribution in [3.05, 3.63) is 76.3 Å². The third-order valence-electron chi connectivity index (χ3n) is 10.2. The van der Waals surface area contributed by atoms with E-state index in [1.807, 2.05) is 6.07 Å². The van der Waals surface area contributed by atoms with Gasteiger partial charge in [-0.15, -0.1) is 0 Å². The van der Waals surface area contributed by atoms with E-state index in [9.17, 15) is 9.59 Å². The van der Waals surface area contributed by atoms with Gasteiger partial charge >= 0.3 is 11.9 Å². The van der Waals surface area contributed by atoms with E-state index in [0.717, 1.165) is 0 Å². The fourth-order valence-corrected chi connectivity index (χ4v) is 7.77. The van der Waals surface area contributed by atoms with E-state index in [0.29, 0.717) is 91.1 Å². The predicted octanol–water partition coefficient (Wildman–Crippen LogP) is 6.57. The molecule has 2 aliphatic rings. The number of carbonyl (C=O) groups excluding carboxylic acids is 2. The van der Waals surface area contributed by atoms with Crippen LogP contribution in [0.4, 0.5) is 0 Å². The van der Waals surface area contributed by atoms with Crippen LogP contribution in [0.15, 0.2) is 48.5 Å². The van der Waals surface area contributed by atoms with Gasteiger partial charge in [-0.1, -0.05) is 6.07 Å². The smallest absolute Gasteiger partial charge is 0.303 e. The highest BCUT2D eigenvalue weighted by molar-refractivity contribution is 5.69. The highest BCUT2D eigenvalue weighted by atomic mass is 16.6. The van der Waals surface area contributed by atoms with Crippen LogP contribution < -0.4 is 52.1 Å². The highest BCUT2D eigenvalue weighted by Crippen LogP contribution is 2.57. The summed E-state index contributed by atoms with van der Waals surface area (Å²) in [7, 11) is 13.7. The Hall–Kier alpha value is -6.38. The van der Waals surface area contributed by atoms with Gasteiger partial charge in [-0.2, -0.15) is 0 Å². The first-order chi connectivity index (χ1) is 28.0. The second-order valence-corrected chi connectivity index (χ2v) is 13.3. The van der Waals surface area contributed by atoms with Crippen LogP contribution in [0.1, 0.15) is 59.8 Å². The molecule has 15 heteroatoms. The molecular formula is C43H48O15. The lowest BCUT2D eigenvalue weighted by atomic mass is 9.77. The maximum Gasteiger partial charge on any atom is 0.303 e. The van der Waals surface area contributed by atoms with Crippen molar-refractivity contribution in [1.29, 1.82) is 0 Å². The summed E-state index contributed by atoms with van der Waals surface area (Å²) in [4.78, 5) is 25.7. The van der Waals surface area contributed by atoms with Crippen molar-refractivity contribution in [2.24, 2.45) is 0 Å². The standard InChI is InChI=1S/C43H48O15/c1-21(44)55-35-19-27-29(57-38(35)23-14-31(48-5)41(53-10)32(15-23)49-6)20-30(47-4)37(40(27)52-9)36-26-13-12-25(46-3)18-28(26)58-39(43(36)56-22(2)45)24-16-33(50-7)42(54-11)34(17-24)51-8/h12-18,20,35-36,38-39,43H,19H2,1-11H3/t35-,36-,38+,39+,43-/m0/s1. The molecule has 310 valence electrons. The summed E-state index contributed by atoms with van der Waals surface area (Å²) in [6.07, 6.45) is -3.47. The molecule has 0 spiro atoms. The molecule has 2 aliphatic heterocycles. The highest BCUT2D eigenvalue weighted by Gasteiger charge is 2.48. The Balaban J connectivity index is 1.59. The van der Waals surface area contributed by atoms with Crippen LogP contribution in [0.25, 0.3) is 0 Å². The van der Waals surface area contributed by atoms with Crippen molar-refractivity contribution in [1.82, 2.24) is 0 Å². The Labute approximate surface area is 336 Å². The summed E-state index contributed by atoms with van der Waals surface area (Å²) >= 11 is 0. The first kappa shape index (κ1) is 41.3. The molecule has 58 heavy (non-hydrogen) atoms. The van der Waals surface area contributed by atoms with Gasteiger partial charge in [0.2, 0.25) is 11.5 Å². The summed E-state index contributed by atoms with van der Waals surface area (Å²) in [5.41, 5.74) is 2.92. The van der Waals surface area contributed by atoms with E-state index in [2.05, 4.69) is 0 Å². The largest absolute Gasteiger partial charge is 0.497 e. The minimum Gasteiger partial charge on any atom is -0.497 e.